The molecule has 0 heterocycles. The maximum atomic E-state index is 13.1. The first-order valence-electron chi connectivity index (χ1n) is 10.1. The van der Waals surface area contributed by atoms with E-state index in [9.17, 15) is 9.59 Å². The molecule has 0 radical (unpaired) electrons. The third-order valence-electron chi connectivity index (χ3n) is 5.19. The normalized spacial score (nSPS) is 22.4. The predicted molar refractivity (Wildman–Crippen MR) is 100 cm³/mol. The smallest absolute Gasteiger partial charge is 0.323 e. The van der Waals surface area contributed by atoms with Gasteiger partial charge in [0.15, 0.2) is 5.41 Å². The van der Waals surface area contributed by atoms with Crippen molar-refractivity contribution in [2.45, 2.75) is 80.1 Å². The number of rotatable bonds is 10. The number of ether oxygens (including phenoxy) is 2. The van der Waals surface area contributed by atoms with E-state index in [1.165, 1.54) is 0 Å². The highest BCUT2D eigenvalue weighted by Crippen LogP contribution is 2.52. The predicted octanol–water partition coefficient (Wildman–Crippen LogP) is 5.00. The van der Waals surface area contributed by atoms with Gasteiger partial charge in [0, 0.05) is 0 Å². The molecule has 1 rings (SSSR count). The van der Waals surface area contributed by atoms with Crippen molar-refractivity contribution in [3.63, 3.8) is 0 Å². The average Bonchev–Trinajstić information content (AvgIpc) is 2.91. The molecule has 2 atom stereocenters. The van der Waals surface area contributed by atoms with E-state index in [0.717, 1.165) is 32.1 Å². The van der Waals surface area contributed by atoms with Crippen LogP contribution >= 0.6 is 0 Å². The van der Waals surface area contributed by atoms with E-state index >= 15 is 0 Å². The summed E-state index contributed by atoms with van der Waals surface area (Å²) in [4.78, 5) is 26.1. The molecule has 0 aromatic heterocycles. The lowest BCUT2D eigenvalue weighted by atomic mass is 9.72. The van der Waals surface area contributed by atoms with E-state index in [-0.39, 0.29) is 29.7 Å². The van der Waals surface area contributed by atoms with Crippen LogP contribution in [0, 0.1) is 29.1 Å². The molecule has 146 valence electrons. The molecule has 0 N–H and O–H groups in total. The number of esters is 2. The molecule has 4 nitrogen and oxygen atoms in total. The second kappa shape index (κ2) is 10.2. The van der Waals surface area contributed by atoms with Crippen LogP contribution in [0.15, 0.2) is 0 Å². The van der Waals surface area contributed by atoms with Crippen LogP contribution in [-0.4, -0.2) is 25.2 Å². The van der Waals surface area contributed by atoms with Crippen molar-refractivity contribution >= 4 is 11.9 Å². The Morgan fingerprint density at radius 3 is 1.80 bits per heavy atom. The van der Waals surface area contributed by atoms with Gasteiger partial charge in [0.05, 0.1) is 13.2 Å². The molecule has 1 aliphatic rings. The zero-order valence-electron chi connectivity index (χ0n) is 17.1. The van der Waals surface area contributed by atoms with Gasteiger partial charge in [-0.1, -0.05) is 60.8 Å². The number of hydrogen-bond donors (Lipinski definition) is 0. The standard InChI is InChI=1S/C21H38O4/c1-7-9-17-11-12-21(18(17)10-8-2,19(22)24-13-15(3)4)20(23)25-14-16(5)6/h15-18H,7-14H2,1-6H3. The Kier molecular flexibility index (Phi) is 8.95. The van der Waals surface area contributed by atoms with Crippen molar-refractivity contribution in [1.82, 2.24) is 0 Å². The van der Waals surface area contributed by atoms with Gasteiger partial charge in [-0.2, -0.15) is 0 Å². The molecule has 25 heavy (non-hydrogen) atoms. The number of hydrogen-bond acceptors (Lipinski definition) is 4. The Bertz CT molecular complexity index is 404. The molecule has 1 aliphatic carbocycles. The first-order valence-corrected chi connectivity index (χ1v) is 10.1. The fourth-order valence-corrected chi connectivity index (χ4v) is 4.04. The van der Waals surface area contributed by atoms with Crippen molar-refractivity contribution in [3.8, 4) is 0 Å². The quantitative estimate of drug-likeness (QED) is 0.409. The molecular weight excluding hydrogens is 316 g/mol. The Balaban J connectivity index is 3.11. The zero-order valence-corrected chi connectivity index (χ0v) is 17.1. The van der Waals surface area contributed by atoms with E-state index in [2.05, 4.69) is 13.8 Å². The van der Waals surface area contributed by atoms with Crippen LogP contribution < -0.4 is 0 Å². The topological polar surface area (TPSA) is 52.6 Å². The minimum atomic E-state index is -1.10. The van der Waals surface area contributed by atoms with Crippen LogP contribution in [0.2, 0.25) is 0 Å². The van der Waals surface area contributed by atoms with E-state index in [1.54, 1.807) is 0 Å². The van der Waals surface area contributed by atoms with E-state index in [4.69, 9.17) is 9.47 Å². The van der Waals surface area contributed by atoms with Crippen LogP contribution in [-0.2, 0) is 19.1 Å². The minimum absolute atomic E-state index is 0.0387. The molecule has 0 saturated heterocycles. The number of carbonyl (C=O) groups is 2. The number of carbonyl (C=O) groups excluding carboxylic acids is 2. The Labute approximate surface area is 154 Å². The van der Waals surface area contributed by atoms with Gasteiger partial charge in [-0.3, -0.25) is 9.59 Å². The van der Waals surface area contributed by atoms with Crippen molar-refractivity contribution in [2.24, 2.45) is 29.1 Å². The Morgan fingerprint density at radius 1 is 0.920 bits per heavy atom. The lowest BCUT2D eigenvalue weighted by Crippen LogP contribution is -2.46. The van der Waals surface area contributed by atoms with Crippen molar-refractivity contribution in [1.29, 1.82) is 0 Å². The summed E-state index contributed by atoms with van der Waals surface area (Å²) in [6.07, 6.45) is 5.44. The summed E-state index contributed by atoms with van der Waals surface area (Å²) in [5, 5.41) is 0. The fourth-order valence-electron chi connectivity index (χ4n) is 4.04. The highest BCUT2D eigenvalue weighted by Gasteiger charge is 2.60. The first-order chi connectivity index (χ1) is 11.8. The molecule has 0 spiro atoms. The second-order valence-electron chi connectivity index (χ2n) is 8.44. The highest BCUT2D eigenvalue weighted by molar-refractivity contribution is 6.01. The average molecular weight is 355 g/mol. The maximum Gasteiger partial charge on any atom is 0.323 e. The van der Waals surface area contributed by atoms with Crippen LogP contribution in [0.5, 0.6) is 0 Å². The van der Waals surface area contributed by atoms with Crippen LogP contribution in [0.25, 0.3) is 0 Å². The third-order valence-corrected chi connectivity index (χ3v) is 5.19. The van der Waals surface area contributed by atoms with E-state index in [0.29, 0.717) is 25.6 Å². The van der Waals surface area contributed by atoms with Crippen molar-refractivity contribution < 1.29 is 19.1 Å². The summed E-state index contributed by atoms with van der Waals surface area (Å²) in [6, 6.07) is 0. The summed E-state index contributed by atoms with van der Waals surface area (Å²) in [5.41, 5.74) is -1.10. The molecule has 0 amide bonds. The Hall–Kier alpha value is -1.06. The van der Waals surface area contributed by atoms with Crippen LogP contribution in [0.1, 0.15) is 80.1 Å². The molecule has 0 aliphatic heterocycles. The molecule has 1 fully saturated rings. The van der Waals surface area contributed by atoms with Crippen molar-refractivity contribution in [3.05, 3.63) is 0 Å². The third kappa shape index (κ3) is 5.46. The van der Waals surface area contributed by atoms with Gasteiger partial charge in [-0.15, -0.1) is 0 Å². The van der Waals surface area contributed by atoms with Gasteiger partial charge < -0.3 is 9.47 Å². The lowest BCUT2D eigenvalue weighted by Gasteiger charge is -2.33. The molecule has 0 bridgehead atoms. The summed E-state index contributed by atoms with van der Waals surface area (Å²) >= 11 is 0. The van der Waals surface area contributed by atoms with E-state index < -0.39 is 5.41 Å². The van der Waals surface area contributed by atoms with Gasteiger partial charge >= 0.3 is 11.9 Å². The summed E-state index contributed by atoms with van der Waals surface area (Å²) in [7, 11) is 0. The van der Waals surface area contributed by atoms with E-state index in [1.807, 2.05) is 27.7 Å². The Morgan fingerprint density at radius 2 is 1.40 bits per heavy atom. The molecular formula is C21H38O4. The molecule has 4 heteroatoms. The van der Waals surface area contributed by atoms with Crippen molar-refractivity contribution in [2.75, 3.05) is 13.2 Å². The van der Waals surface area contributed by atoms with Gasteiger partial charge in [-0.05, 0) is 42.9 Å². The van der Waals surface area contributed by atoms with Gasteiger partial charge in [0.25, 0.3) is 0 Å². The molecule has 2 unspecified atom stereocenters. The molecule has 1 saturated carbocycles. The second-order valence-corrected chi connectivity index (χ2v) is 8.44. The zero-order chi connectivity index (χ0) is 19.0. The van der Waals surface area contributed by atoms with Crippen LogP contribution in [0.3, 0.4) is 0 Å². The fraction of sp³-hybridized carbons (Fsp3) is 0.905. The largest absolute Gasteiger partial charge is 0.465 e. The minimum Gasteiger partial charge on any atom is -0.465 e. The van der Waals surface area contributed by atoms with Crippen LogP contribution in [0.4, 0.5) is 0 Å². The molecule has 0 aromatic rings. The monoisotopic (exact) mass is 354 g/mol. The van der Waals surface area contributed by atoms with Gasteiger partial charge in [-0.25, -0.2) is 0 Å². The summed E-state index contributed by atoms with van der Waals surface area (Å²) in [5.74, 6) is 0.245. The molecule has 0 aromatic carbocycles. The summed E-state index contributed by atoms with van der Waals surface area (Å²) < 4.78 is 11.2. The van der Waals surface area contributed by atoms with Gasteiger partial charge in [0.2, 0.25) is 0 Å². The summed E-state index contributed by atoms with van der Waals surface area (Å²) in [6.45, 7) is 13.0. The van der Waals surface area contributed by atoms with Gasteiger partial charge in [0.1, 0.15) is 0 Å². The highest BCUT2D eigenvalue weighted by atomic mass is 16.6. The first kappa shape index (κ1) is 22.0. The SMILES string of the molecule is CCCC1CCC(C(=O)OCC(C)C)(C(=O)OCC(C)C)C1CCC. The lowest BCUT2D eigenvalue weighted by molar-refractivity contribution is -0.178. The maximum absolute atomic E-state index is 13.1.